The van der Waals surface area contributed by atoms with Gasteiger partial charge in [0.25, 0.3) is 0 Å². The third kappa shape index (κ3) is 2.93. The predicted octanol–water partition coefficient (Wildman–Crippen LogP) is 6.03. The molecule has 0 N–H and O–H groups in total. The van der Waals surface area contributed by atoms with Gasteiger partial charge in [-0.3, -0.25) is 0 Å². The lowest BCUT2D eigenvalue weighted by Crippen LogP contribution is -1.88. The molecule has 1 nitrogen and oxygen atoms in total. The van der Waals surface area contributed by atoms with Crippen molar-refractivity contribution in [1.82, 2.24) is 4.98 Å². The first-order valence-electron chi connectivity index (χ1n) is 5.75. The minimum atomic E-state index is -0.283. The summed E-state index contributed by atoms with van der Waals surface area (Å²) >= 11 is 15.0. The monoisotopic (exact) mass is 343 g/mol. The molecular formula is C14H8Cl2FNS2. The minimum Gasteiger partial charge on any atom is -0.230 e. The van der Waals surface area contributed by atoms with Crippen LogP contribution in [0.1, 0.15) is 5.56 Å². The Hall–Kier alpha value is -0.810. The molecule has 3 aromatic rings. The van der Waals surface area contributed by atoms with Crippen LogP contribution in [-0.2, 0) is 5.75 Å². The van der Waals surface area contributed by atoms with Gasteiger partial charge in [-0.1, -0.05) is 41.0 Å². The van der Waals surface area contributed by atoms with Gasteiger partial charge < -0.3 is 0 Å². The molecule has 2 aromatic carbocycles. The van der Waals surface area contributed by atoms with Crippen LogP contribution in [0.3, 0.4) is 0 Å². The van der Waals surface area contributed by atoms with Crippen molar-refractivity contribution in [2.75, 3.05) is 0 Å². The molecule has 0 saturated heterocycles. The van der Waals surface area contributed by atoms with Crippen LogP contribution < -0.4 is 0 Å². The van der Waals surface area contributed by atoms with Crippen molar-refractivity contribution in [2.24, 2.45) is 0 Å². The molecule has 6 heteroatoms. The highest BCUT2D eigenvalue weighted by molar-refractivity contribution is 8.00. The number of hydrogen-bond donors (Lipinski definition) is 0. The predicted molar refractivity (Wildman–Crippen MR) is 85.6 cm³/mol. The summed E-state index contributed by atoms with van der Waals surface area (Å²) in [7, 11) is 0. The lowest BCUT2D eigenvalue weighted by molar-refractivity contribution is 0.617. The summed E-state index contributed by atoms with van der Waals surface area (Å²) in [4.78, 5) is 4.48. The summed E-state index contributed by atoms with van der Waals surface area (Å²) in [5.74, 6) is 0.174. The van der Waals surface area contributed by atoms with E-state index in [-0.39, 0.29) is 5.82 Å². The quantitative estimate of drug-likeness (QED) is 0.538. The molecule has 0 atom stereocenters. The average molecular weight is 344 g/mol. The molecule has 0 aliphatic heterocycles. The molecule has 3 rings (SSSR count). The molecule has 0 unspecified atom stereocenters. The summed E-state index contributed by atoms with van der Waals surface area (Å²) in [5.41, 5.74) is 1.38. The van der Waals surface area contributed by atoms with E-state index in [4.69, 9.17) is 23.2 Å². The van der Waals surface area contributed by atoms with Gasteiger partial charge in [0.05, 0.1) is 10.2 Å². The fourth-order valence-corrected chi connectivity index (χ4v) is 4.30. The zero-order valence-corrected chi connectivity index (χ0v) is 13.2. The van der Waals surface area contributed by atoms with Crippen LogP contribution in [0.5, 0.6) is 0 Å². The Kier molecular flexibility index (Phi) is 4.17. The average Bonchev–Trinajstić information content (AvgIpc) is 2.80. The highest BCUT2D eigenvalue weighted by Gasteiger charge is 2.10. The first-order chi connectivity index (χ1) is 9.63. The van der Waals surface area contributed by atoms with Crippen LogP contribution in [0.25, 0.3) is 10.2 Å². The molecular weight excluding hydrogens is 336 g/mol. The maximum atomic E-state index is 13.7. The highest BCUT2D eigenvalue weighted by Crippen LogP contribution is 2.34. The molecule has 0 amide bonds. The van der Waals surface area contributed by atoms with Crippen molar-refractivity contribution < 1.29 is 4.39 Å². The van der Waals surface area contributed by atoms with E-state index in [9.17, 15) is 4.39 Å². The fourth-order valence-electron chi connectivity index (χ4n) is 1.75. The molecule has 1 aromatic heterocycles. The number of thiazole rings is 1. The molecule has 0 saturated carbocycles. The molecule has 0 aliphatic carbocycles. The molecule has 0 radical (unpaired) electrons. The highest BCUT2D eigenvalue weighted by atomic mass is 35.5. The number of benzene rings is 2. The zero-order valence-electron chi connectivity index (χ0n) is 10.1. The molecule has 0 bridgehead atoms. The Labute approximate surface area is 133 Å². The van der Waals surface area contributed by atoms with Gasteiger partial charge in [0, 0.05) is 21.4 Å². The number of hydrogen-bond acceptors (Lipinski definition) is 3. The molecule has 20 heavy (non-hydrogen) atoms. The molecule has 0 aliphatic rings. The van der Waals surface area contributed by atoms with E-state index < -0.39 is 0 Å². The number of aromatic nitrogens is 1. The van der Waals surface area contributed by atoms with Crippen LogP contribution in [0.2, 0.25) is 10.0 Å². The Morgan fingerprint density at radius 3 is 2.85 bits per heavy atom. The van der Waals surface area contributed by atoms with Gasteiger partial charge in [-0.15, -0.1) is 11.3 Å². The van der Waals surface area contributed by atoms with E-state index in [0.29, 0.717) is 21.4 Å². The van der Waals surface area contributed by atoms with Gasteiger partial charge in [0.1, 0.15) is 5.82 Å². The van der Waals surface area contributed by atoms with E-state index in [1.165, 1.54) is 17.8 Å². The van der Waals surface area contributed by atoms with Crippen molar-refractivity contribution >= 4 is 56.5 Å². The molecule has 0 fully saturated rings. The topological polar surface area (TPSA) is 12.9 Å². The van der Waals surface area contributed by atoms with Crippen LogP contribution in [-0.4, -0.2) is 4.98 Å². The molecule has 102 valence electrons. The third-order valence-corrected chi connectivity index (χ3v) is 5.53. The second-order valence-electron chi connectivity index (χ2n) is 4.08. The largest absolute Gasteiger partial charge is 0.230 e. The summed E-state index contributed by atoms with van der Waals surface area (Å²) in [6.45, 7) is 0. The first-order valence-corrected chi connectivity index (χ1v) is 8.31. The van der Waals surface area contributed by atoms with Gasteiger partial charge in [-0.2, -0.15) is 0 Å². The van der Waals surface area contributed by atoms with E-state index >= 15 is 0 Å². The number of nitrogens with zero attached hydrogens (tertiary/aromatic N) is 1. The van der Waals surface area contributed by atoms with E-state index in [1.54, 1.807) is 23.5 Å². The smallest absolute Gasteiger partial charge is 0.151 e. The number of thioether (sulfide) groups is 1. The van der Waals surface area contributed by atoms with Crippen LogP contribution in [0.4, 0.5) is 4.39 Å². The lowest BCUT2D eigenvalue weighted by atomic mass is 10.2. The standard InChI is InChI=1S/C14H8Cl2FNS2/c15-8-4-5-13-12(6-8)18-14(20-13)19-7-9-10(16)2-1-3-11(9)17/h1-6H,7H2. The van der Waals surface area contributed by atoms with Crippen LogP contribution >= 0.6 is 46.3 Å². The molecule has 1 heterocycles. The van der Waals surface area contributed by atoms with Crippen molar-refractivity contribution in [2.45, 2.75) is 10.1 Å². The van der Waals surface area contributed by atoms with Crippen molar-refractivity contribution in [1.29, 1.82) is 0 Å². The normalized spacial score (nSPS) is 11.2. The second kappa shape index (κ2) is 5.90. The lowest BCUT2D eigenvalue weighted by Gasteiger charge is -2.03. The fraction of sp³-hybridized carbons (Fsp3) is 0.0714. The Morgan fingerprint density at radius 2 is 2.05 bits per heavy atom. The summed E-state index contributed by atoms with van der Waals surface area (Å²) in [6.07, 6.45) is 0. The van der Waals surface area contributed by atoms with Gasteiger partial charge in [0.15, 0.2) is 4.34 Å². The van der Waals surface area contributed by atoms with Crippen LogP contribution in [0.15, 0.2) is 40.7 Å². The van der Waals surface area contributed by atoms with Gasteiger partial charge >= 0.3 is 0 Å². The van der Waals surface area contributed by atoms with Crippen molar-refractivity contribution in [3.63, 3.8) is 0 Å². The van der Waals surface area contributed by atoms with Crippen molar-refractivity contribution in [3.8, 4) is 0 Å². The number of rotatable bonds is 3. The Balaban J connectivity index is 1.83. The van der Waals surface area contributed by atoms with Crippen LogP contribution in [0, 0.1) is 5.82 Å². The summed E-state index contributed by atoms with van der Waals surface area (Å²) in [5, 5.41) is 1.11. The minimum absolute atomic E-state index is 0.283. The first kappa shape index (κ1) is 14.1. The second-order valence-corrected chi connectivity index (χ2v) is 7.18. The van der Waals surface area contributed by atoms with Gasteiger partial charge in [-0.05, 0) is 30.3 Å². The third-order valence-electron chi connectivity index (χ3n) is 2.73. The maximum absolute atomic E-state index is 13.7. The Bertz CT molecular complexity index is 753. The van der Waals surface area contributed by atoms with Gasteiger partial charge in [-0.25, -0.2) is 9.37 Å². The SMILES string of the molecule is Fc1cccc(Cl)c1CSc1nc2cc(Cl)ccc2s1. The van der Waals surface area contributed by atoms with E-state index in [0.717, 1.165) is 14.6 Å². The summed E-state index contributed by atoms with van der Waals surface area (Å²) < 4.78 is 15.6. The number of fused-ring (bicyclic) bond motifs is 1. The van der Waals surface area contributed by atoms with Gasteiger partial charge in [0.2, 0.25) is 0 Å². The summed E-state index contributed by atoms with van der Waals surface area (Å²) in [6, 6.07) is 10.3. The number of halogens is 3. The maximum Gasteiger partial charge on any atom is 0.151 e. The zero-order chi connectivity index (χ0) is 14.1. The Morgan fingerprint density at radius 1 is 1.20 bits per heavy atom. The van der Waals surface area contributed by atoms with Crippen molar-refractivity contribution in [3.05, 3.63) is 57.8 Å². The van der Waals surface area contributed by atoms with E-state index in [1.807, 2.05) is 18.2 Å². The van der Waals surface area contributed by atoms with E-state index in [2.05, 4.69) is 4.98 Å². The molecule has 0 spiro atoms.